The highest BCUT2D eigenvalue weighted by atomic mass is 32.1. The minimum absolute atomic E-state index is 0.0741. The molecule has 0 saturated carbocycles. The van der Waals surface area contributed by atoms with Crippen LogP contribution in [-0.4, -0.2) is 17.0 Å². The van der Waals surface area contributed by atoms with Crippen molar-refractivity contribution in [1.82, 2.24) is 4.98 Å². The normalized spacial score (nSPS) is 11.3. The van der Waals surface area contributed by atoms with Crippen LogP contribution in [0.3, 0.4) is 0 Å². The van der Waals surface area contributed by atoms with E-state index in [1.165, 1.54) is 36.6 Å². The monoisotopic (exact) mass is 413 g/mol. The average molecular weight is 413 g/mol. The minimum Gasteiger partial charge on any atom is -0.496 e. The lowest BCUT2D eigenvalue weighted by Crippen LogP contribution is -1.92. The van der Waals surface area contributed by atoms with Crippen molar-refractivity contribution in [2.24, 2.45) is 0 Å². The number of thiazole rings is 1. The second kappa shape index (κ2) is 8.15. The fraction of sp³-hybridized carbons (Fsp3) is 0.0435. The Morgan fingerprint density at radius 1 is 1.20 bits per heavy atom. The van der Waals surface area contributed by atoms with Crippen molar-refractivity contribution in [1.29, 1.82) is 5.26 Å². The quantitative estimate of drug-likeness (QED) is 0.229. The second-order valence-electron chi connectivity index (χ2n) is 6.42. The van der Waals surface area contributed by atoms with E-state index in [-0.39, 0.29) is 5.69 Å². The van der Waals surface area contributed by atoms with E-state index in [2.05, 4.69) is 11.1 Å². The van der Waals surface area contributed by atoms with Crippen molar-refractivity contribution in [2.45, 2.75) is 0 Å². The number of hydrogen-bond donors (Lipinski definition) is 0. The summed E-state index contributed by atoms with van der Waals surface area (Å²) in [5, 5.41) is 25.5. The van der Waals surface area contributed by atoms with Gasteiger partial charge in [0.25, 0.3) is 5.69 Å². The molecule has 4 rings (SSSR count). The number of fused-ring (bicyclic) bond motifs is 1. The fourth-order valence-corrected chi connectivity index (χ4v) is 4.00. The number of ether oxygens (including phenoxy) is 1. The summed E-state index contributed by atoms with van der Waals surface area (Å²) in [7, 11) is 1.48. The Kier molecular flexibility index (Phi) is 5.24. The number of nitro benzene ring substituents is 1. The molecular weight excluding hydrogens is 398 g/mol. The minimum atomic E-state index is -0.481. The topological polar surface area (TPSA) is 89.0 Å². The van der Waals surface area contributed by atoms with Crippen molar-refractivity contribution in [2.75, 3.05) is 7.11 Å². The van der Waals surface area contributed by atoms with E-state index in [1.54, 1.807) is 6.08 Å². The highest BCUT2D eigenvalue weighted by Crippen LogP contribution is 2.33. The Hall–Kier alpha value is -4.02. The lowest BCUT2D eigenvalue weighted by molar-refractivity contribution is -0.384. The van der Waals surface area contributed by atoms with E-state index in [0.29, 0.717) is 21.9 Å². The molecule has 6 nitrogen and oxygen atoms in total. The van der Waals surface area contributed by atoms with Crippen LogP contribution in [0.1, 0.15) is 10.6 Å². The van der Waals surface area contributed by atoms with Crippen molar-refractivity contribution >= 4 is 39.4 Å². The molecular formula is C23H15N3O3S. The molecule has 1 aromatic heterocycles. The smallest absolute Gasteiger partial charge is 0.270 e. The maximum absolute atomic E-state index is 11.1. The summed E-state index contributed by atoms with van der Waals surface area (Å²) in [5.41, 5.74) is 2.45. The van der Waals surface area contributed by atoms with Gasteiger partial charge in [-0.15, -0.1) is 11.3 Å². The highest BCUT2D eigenvalue weighted by molar-refractivity contribution is 7.11. The van der Waals surface area contributed by atoms with E-state index in [1.807, 2.05) is 47.8 Å². The first kappa shape index (κ1) is 19.3. The van der Waals surface area contributed by atoms with Gasteiger partial charge in [0, 0.05) is 28.6 Å². The molecule has 0 aliphatic carbocycles. The first-order valence-corrected chi connectivity index (χ1v) is 9.87. The van der Waals surface area contributed by atoms with Crippen LogP contribution in [0, 0.1) is 21.4 Å². The summed E-state index contributed by atoms with van der Waals surface area (Å²) in [4.78, 5) is 15.3. The van der Waals surface area contributed by atoms with Gasteiger partial charge in [0.1, 0.15) is 16.8 Å². The molecule has 0 radical (unpaired) electrons. The number of benzene rings is 3. The zero-order valence-corrected chi connectivity index (χ0v) is 16.7. The molecule has 0 unspecified atom stereocenters. The third-order valence-corrected chi connectivity index (χ3v) is 5.52. The number of hydrogen-bond acceptors (Lipinski definition) is 6. The van der Waals surface area contributed by atoms with E-state index < -0.39 is 4.92 Å². The average Bonchev–Trinajstić information content (AvgIpc) is 3.26. The van der Waals surface area contributed by atoms with Crippen molar-refractivity contribution < 1.29 is 9.66 Å². The Morgan fingerprint density at radius 3 is 2.77 bits per heavy atom. The molecule has 0 amide bonds. The molecule has 0 bridgehead atoms. The van der Waals surface area contributed by atoms with E-state index in [4.69, 9.17) is 4.74 Å². The summed E-state index contributed by atoms with van der Waals surface area (Å²) in [6, 6.07) is 20.5. The Bertz CT molecular complexity index is 1330. The van der Waals surface area contributed by atoms with Crippen molar-refractivity contribution in [3.8, 4) is 23.1 Å². The molecule has 0 spiro atoms. The number of non-ortho nitro benzene ring substituents is 1. The number of rotatable bonds is 5. The molecule has 0 aliphatic rings. The Labute approximate surface area is 176 Å². The van der Waals surface area contributed by atoms with Crippen LogP contribution < -0.4 is 4.74 Å². The largest absolute Gasteiger partial charge is 0.496 e. The van der Waals surface area contributed by atoms with Crippen molar-refractivity contribution in [3.05, 3.63) is 86.7 Å². The van der Waals surface area contributed by atoms with Crippen LogP contribution in [0.15, 0.2) is 66.0 Å². The molecule has 4 aromatic rings. The van der Waals surface area contributed by atoms with Crippen LogP contribution >= 0.6 is 11.3 Å². The molecule has 0 aliphatic heterocycles. The molecule has 0 atom stereocenters. The maximum atomic E-state index is 11.1. The predicted molar refractivity (Wildman–Crippen MR) is 118 cm³/mol. The molecule has 0 N–H and O–H groups in total. The second-order valence-corrected chi connectivity index (χ2v) is 7.28. The Balaban J connectivity index is 1.78. The SMILES string of the molecule is COc1ccc([N+](=O)[O-])cc1/C=C(\C#N)c1nc(-c2cccc3ccccc23)cs1. The Morgan fingerprint density at radius 2 is 2.00 bits per heavy atom. The molecule has 0 fully saturated rings. The van der Waals surface area contributed by atoms with Gasteiger partial charge in [-0.05, 0) is 22.9 Å². The number of allylic oxidation sites excluding steroid dienone is 1. The molecule has 7 heteroatoms. The van der Waals surface area contributed by atoms with Crippen LogP contribution in [0.4, 0.5) is 5.69 Å². The highest BCUT2D eigenvalue weighted by Gasteiger charge is 2.14. The molecule has 1 heterocycles. The van der Waals surface area contributed by atoms with Gasteiger partial charge in [0.2, 0.25) is 0 Å². The van der Waals surface area contributed by atoms with Gasteiger partial charge in [-0.1, -0.05) is 42.5 Å². The summed E-state index contributed by atoms with van der Waals surface area (Å²) in [6.07, 6.45) is 1.57. The number of nitrogens with zero attached hydrogens (tertiary/aromatic N) is 3. The number of nitro groups is 1. The van der Waals surface area contributed by atoms with E-state index in [9.17, 15) is 15.4 Å². The number of aromatic nitrogens is 1. The molecule has 0 saturated heterocycles. The van der Waals surface area contributed by atoms with Gasteiger partial charge in [0.15, 0.2) is 0 Å². The van der Waals surface area contributed by atoms with Crippen LogP contribution in [0.5, 0.6) is 5.75 Å². The zero-order chi connectivity index (χ0) is 21.1. The van der Waals surface area contributed by atoms with Gasteiger partial charge >= 0.3 is 0 Å². The first-order chi connectivity index (χ1) is 14.6. The van der Waals surface area contributed by atoms with Crippen LogP contribution in [-0.2, 0) is 0 Å². The third-order valence-electron chi connectivity index (χ3n) is 4.64. The fourth-order valence-electron chi connectivity index (χ4n) is 3.22. The van der Waals surface area contributed by atoms with Crippen LogP contribution in [0.25, 0.3) is 33.7 Å². The maximum Gasteiger partial charge on any atom is 0.270 e. The lowest BCUT2D eigenvalue weighted by atomic mass is 10.0. The van der Waals surface area contributed by atoms with Gasteiger partial charge in [-0.25, -0.2) is 4.98 Å². The van der Waals surface area contributed by atoms with E-state index in [0.717, 1.165) is 22.0 Å². The van der Waals surface area contributed by atoms with E-state index >= 15 is 0 Å². The first-order valence-electron chi connectivity index (χ1n) is 8.99. The van der Waals surface area contributed by atoms with Gasteiger partial charge < -0.3 is 4.74 Å². The molecule has 146 valence electrons. The molecule has 3 aromatic carbocycles. The van der Waals surface area contributed by atoms with Crippen molar-refractivity contribution in [3.63, 3.8) is 0 Å². The molecule has 30 heavy (non-hydrogen) atoms. The van der Waals surface area contributed by atoms with Gasteiger partial charge in [-0.3, -0.25) is 10.1 Å². The summed E-state index contributed by atoms with van der Waals surface area (Å²) in [6.45, 7) is 0. The zero-order valence-electron chi connectivity index (χ0n) is 15.9. The van der Waals surface area contributed by atoms with Gasteiger partial charge in [-0.2, -0.15) is 5.26 Å². The standard InChI is InChI=1S/C23H15N3O3S/c1-29-22-10-9-18(26(27)28)12-16(22)11-17(13-24)23-25-21(14-30-23)20-8-4-6-15-5-2-3-7-19(15)20/h2-12,14H,1H3/b17-11+. The summed E-state index contributed by atoms with van der Waals surface area (Å²) < 4.78 is 5.29. The number of nitriles is 1. The van der Waals surface area contributed by atoms with Gasteiger partial charge in [0.05, 0.1) is 23.3 Å². The lowest BCUT2D eigenvalue weighted by Gasteiger charge is -2.05. The number of methoxy groups -OCH3 is 1. The summed E-state index contributed by atoms with van der Waals surface area (Å²) in [5.74, 6) is 0.444. The third kappa shape index (κ3) is 3.64. The van der Waals surface area contributed by atoms with Crippen LogP contribution in [0.2, 0.25) is 0 Å². The predicted octanol–water partition coefficient (Wildman–Crippen LogP) is 5.94. The summed E-state index contributed by atoms with van der Waals surface area (Å²) >= 11 is 1.35.